The van der Waals surface area contributed by atoms with Gasteiger partial charge in [0.25, 0.3) is 0 Å². The Morgan fingerprint density at radius 1 is 1.20 bits per heavy atom. The number of hydrogen-bond donors (Lipinski definition) is 1. The molecule has 0 spiro atoms. The Hall–Kier alpha value is -2.08. The molecule has 1 aromatic carbocycles. The average Bonchev–Trinajstić information content (AvgIpc) is 2.60. The zero-order chi connectivity index (χ0) is 18.0. The van der Waals surface area contributed by atoms with Crippen molar-refractivity contribution >= 4 is 23.1 Å². The number of benzene rings is 1. The summed E-state index contributed by atoms with van der Waals surface area (Å²) in [6.45, 7) is 5.01. The largest absolute Gasteiger partial charge is 0.490 e. The predicted molar refractivity (Wildman–Crippen MR) is 101 cm³/mol. The van der Waals surface area contributed by atoms with E-state index in [1.807, 2.05) is 44.0 Å². The third-order valence-corrected chi connectivity index (χ3v) is 4.99. The molecule has 25 heavy (non-hydrogen) atoms. The number of hydrogen-bond acceptors (Lipinski definition) is 4. The summed E-state index contributed by atoms with van der Waals surface area (Å²) in [5.74, 6) is 1.60. The molecule has 0 saturated heterocycles. The molecule has 6 heteroatoms. The van der Waals surface area contributed by atoms with E-state index in [0.29, 0.717) is 36.2 Å². The van der Waals surface area contributed by atoms with Crippen LogP contribution >= 0.6 is 12.2 Å². The number of nitrogens with zero attached hydrogens (tertiary/aromatic N) is 1. The van der Waals surface area contributed by atoms with E-state index in [1.54, 1.807) is 0 Å². The molecule has 1 aliphatic heterocycles. The molecule has 0 fully saturated rings. The van der Waals surface area contributed by atoms with Gasteiger partial charge in [-0.1, -0.05) is 6.07 Å². The fraction of sp³-hybridized carbons (Fsp3) is 0.474. The first-order valence-electron chi connectivity index (χ1n) is 8.76. The first-order valence-corrected chi connectivity index (χ1v) is 9.17. The lowest BCUT2D eigenvalue weighted by Gasteiger charge is -2.39. The zero-order valence-corrected chi connectivity index (χ0v) is 15.7. The van der Waals surface area contributed by atoms with Crippen LogP contribution in [0, 0.1) is 0 Å². The fourth-order valence-electron chi connectivity index (χ4n) is 3.43. The molecule has 0 saturated carbocycles. The number of rotatable bonds is 5. The summed E-state index contributed by atoms with van der Waals surface area (Å²) >= 11 is 5.48. The van der Waals surface area contributed by atoms with Crippen LogP contribution in [0.5, 0.6) is 11.5 Å². The van der Waals surface area contributed by atoms with Crippen LogP contribution in [0.15, 0.2) is 29.5 Å². The Bertz CT molecular complexity index is 729. The highest BCUT2D eigenvalue weighted by Crippen LogP contribution is 2.39. The fourth-order valence-corrected chi connectivity index (χ4v) is 3.66. The lowest BCUT2D eigenvalue weighted by molar-refractivity contribution is -0.116. The van der Waals surface area contributed by atoms with Gasteiger partial charge in [0, 0.05) is 24.7 Å². The van der Waals surface area contributed by atoms with Crippen LogP contribution in [0.4, 0.5) is 0 Å². The third-order valence-electron chi connectivity index (χ3n) is 4.60. The lowest BCUT2D eigenvalue weighted by atomic mass is 9.85. The molecule has 1 aromatic rings. The van der Waals surface area contributed by atoms with E-state index in [9.17, 15) is 4.79 Å². The van der Waals surface area contributed by atoms with Crippen molar-refractivity contribution < 1.29 is 14.3 Å². The molecule has 0 amide bonds. The number of carbonyl (C=O) groups excluding carboxylic acids is 1. The number of Topliss-reactive ketones (excluding diaryl/α,β-unsaturated/α-hetero) is 1. The number of nitrogens with one attached hydrogen (secondary N) is 1. The second-order valence-electron chi connectivity index (χ2n) is 6.15. The Balaban J connectivity index is 2.05. The summed E-state index contributed by atoms with van der Waals surface area (Å²) in [6.07, 6.45) is 2.35. The van der Waals surface area contributed by atoms with E-state index in [4.69, 9.17) is 21.7 Å². The van der Waals surface area contributed by atoms with Crippen molar-refractivity contribution in [1.29, 1.82) is 0 Å². The molecule has 1 heterocycles. The van der Waals surface area contributed by atoms with Crippen molar-refractivity contribution in [3.8, 4) is 11.5 Å². The van der Waals surface area contributed by atoms with Crippen molar-refractivity contribution in [2.24, 2.45) is 0 Å². The Labute approximate surface area is 154 Å². The number of ether oxygens (including phenoxy) is 2. The van der Waals surface area contributed by atoms with Crippen LogP contribution in [0.1, 0.15) is 44.7 Å². The molecule has 1 N–H and O–H groups in total. The molecule has 1 unspecified atom stereocenters. The lowest BCUT2D eigenvalue weighted by Crippen LogP contribution is -2.47. The molecule has 1 aliphatic carbocycles. The second kappa shape index (κ2) is 7.44. The van der Waals surface area contributed by atoms with Crippen molar-refractivity contribution in [3.05, 3.63) is 35.0 Å². The molecule has 3 rings (SSSR count). The van der Waals surface area contributed by atoms with Crippen LogP contribution in [0.3, 0.4) is 0 Å². The topological polar surface area (TPSA) is 50.8 Å². The van der Waals surface area contributed by atoms with Gasteiger partial charge in [0.15, 0.2) is 22.4 Å². The molecule has 0 aromatic heterocycles. The molecule has 134 valence electrons. The number of ketones is 1. The van der Waals surface area contributed by atoms with Gasteiger partial charge >= 0.3 is 0 Å². The number of carbonyl (C=O) groups is 1. The standard InChI is InChI=1S/C19H24N2O3S/c1-4-23-15-10-9-12(11-16(15)24-5-2)18-17-13(7-6-8-14(17)22)21(3)19(25)20-18/h9-11,18H,4-8H2,1-3H3,(H,20,25). The van der Waals surface area contributed by atoms with E-state index in [2.05, 4.69) is 5.32 Å². The van der Waals surface area contributed by atoms with Crippen LogP contribution in [-0.4, -0.2) is 36.1 Å². The van der Waals surface area contributed by atoms with E-state index >= 15 is 0 Å². The summed E-state index contributed by atoms with van der Waals surface area (Å²) in [7, 11) is 1.92. The van der Waals surface area contributed by atoms with Crippen LogP contribution in [-0.2, 0) is 4.79 Å². The van der Waals surface area contributed by atoms with Gasteiger partial charge in [-0.15, -0.1) is 0 Å². The summed E-state index contributed by atoms with van der Waals surface area (Å²) in [5.41, 5.74) is 2.83. The van der Waals surface area contributed by atoms with Crippen molar-refractivity contribution in [3.63, 3.8) is 0 Å². The Morgan fingerprint density at radius 3 is 2.64 bits per heavy atom. The first-order chi connectivity index (χ1) is 12.1. The second-order valence-corrected chi connectivity index (χ2v) is 6.54. The summed E-state index contributed by atoms with van der Waals surface area (Å²) in [5, 5.41) is 3.96. The van der Waals surface area contributed by atoms with Gasteiger partial charge in [0.1, 0.15) is 0 Å². The monoisotopic (exact) mass is 360 g/mol. The summed E-state index contributed by atoms with van der Waals surface area (Å²) in [6, 6.07) is 5.60. The van der Waals surface area contributed by atoms with E-state index in [1.165, 1.54) is 0 Å². The van der Waals surface area contributed by atoms with Crippen molar-refractivity contribution in [2.75, 3.05) is 20.3 Å². The smallest absolute Gasteiger partial charge is 0.173 e. The molecule has 1 atom stereocenters. The first kappa shape index (κ1) is 17.7. The normalized spacial score (nSPS) is 20.3. The summed E-state index contributed by atoms with van der Waals surface area (Å²) in [4.78, 5) is 14.5. The Kier molecular flexibility index (Phi) is 5.27. The van der Waals surface area contributed by atoms with E-state index in [0.717, 1.165) is 29.7 Å². The maximum absolute atomic E-state index is 12.6. The number of allylic oxidation sites excluding steroid dienone is 1. The van der Waals surface area contributed by atoms with Gasteiger partial charge in [-0.3, -0.25) is 4.79 Å². The molecule has 0 radical (unpaired) electrons. The van der Waals surface area contributed by atoms with Gasteiger partial charge in [-0.2, -0.15) is 0 Å². The van der Waals surface area contributed by atoms with Crippen molar-refractivity contribution in [2.45, 2.75) is 39.2 Å². The molecule has 5 nitrogen and oxygen atoms in total. The number of thiocarbonyl (C=S) groups is 1. The minimum Gasteiger partial charge on any atom is -0.490 e. The zero-order valence-electron chi connectivity index (χ0n) is 14.9. The minimum absolute atomic E-state index is 0.194. The highest BCUT2D eigenvalue weighted by Gasteiger charge is 2.36. The third kappa shape index (κ3) is 3.35. The SMILES string of the molecule is CCOc1ccc(C2NC(=S)N(C)C3=C2C(=O)CCC3)cc1OCC. The summed E-state index contributed by atoms with van der Waals surface area (Å²) < 4.78 is 11.4. The van der Waals surface area contributed by atoms with Crippen LogP contribution in [0.25, 0.3) is 0 Å². The van der Waals surface area contributed by atoms with E-state index < -0.39 is 0 Å². The van der Waals surface area contributed by atoms with Crippen LogP contribution < -0.4 is 14.8 Å². The highest BCUT2D eigenvalue weighted by atomic mass is 32.1. The molecule has 0 bridgehead atoms. The van der Waals surface area contributed by atoms with Crippen LogP contribution in [0.2, 0.25) is 0 Å². The van der Waals surface area contributed by atoms with E-state index in [-0.39, 0.29) is 11.8 Å². The van der Waals surface area contributed by atoms with Gasteiger partial charge in [0.2, 0.25) is 0 Å². The maximum Gasteiger partial charge on any atom is 0.173 e. The Morgan fingerprint density at radius 2 is 1.92 bits per heavy atom. The molecular weight excluding hydrogens is 336 g/mol. The quantitative estimate of drug-likeness (QED) is 0.813. The van der Waals surface area contributed by atoms with Gasteiger partial charge in [0.05, 0.1) is 19.3 Å². The molecule has 2 aliphatic rings. The maximum atomic E-state index is 12.6. The van der Waals surface area contributed by atoms with Gasteiger partial charge < -0.3 is 19.7 Å². The highest BCUT2D eigenvalue weighted by molar-refractivity contribution is 7.80. The van der Waals surface area contributed by atoms with Crippen molar-refractivity contribution in [1.82, 2.24) is 10.2 Å². The molecular formula is C19H24N2O3S. The van der Waals surface area contributed by atoms with Gasteiger partial charge in [-0.25, -0.2) is 0 Å². The van der Waals surface area contributed by atoms with Gasteiger partial charge in [-0.05, 0) is 56.6 Å². The predicted octanol–water partition coefficient (Wildman–Crippen LogP) is 3.35. The average molecular weight is 360 g/mol. The minimum atomic E-state index is -0.235.